The minimum Gasteiger partial charge on any atom is -0.334 e. The van der Waals surface area contributed by atoms with E-state index >= 15 is 0 Å². The Kier molecular flexibility index (Phi) is 4.60. The quantitative estimate of drug-likeness (QED) is 0.568. The summed E-state index contributed by atoms with van der Waals surface area (Å²) in [6.07, 6.45) is 0. The number of para-hydroxylation sites is 1. The second-order valence-corrected chi connectivity index (χ2v) is 6.72. The largest absolute Gasteiger partial charge is 0.334 e. The van der Waals surface area contributed by atoms with Crippen molar-refractivity contribution in [3.8, 4) is 11.3 Å². The van der Waals surface area contributed by atoms with E-state index in [0.717, 1.165) is 22.3 Å². The highest BCUT2D eigenvalue weighted by atomic mass is 35.5. The highest BCUT2D eigenvalue weighted by molar-refractivity contribution is 6.35. The van der Waals surface area contributed by atoms with Crippen LogP contribution in [0.25, 0.3) is 22.2 Å². The molecule has 2 aromatic carbocycles. The van der Waals surface area contributed by atoms with Crippen molar-refractivity contribution < 1.29 is 4.79 Å². The minimum atomic E-state index is -0.173. The van der Waals surface area contributed by atoms with Gasteiger partial charge < -0.3 is 4.90 Å². The van der Waals surface area contributed by atoms with Crippen molar-refractivity contribution in [3.63, 3.8) is 0 Å². The number of aromatic amines is 1. The van der Waals surface area contributed by atoms with E-state index < -0.39 is 0 Å². The average Bonchev–Trinajstić information content (AvgIpc) is 3.16. The van der Waals surface area contributed by atoms with Crippen LogP contribution in [0, 0.1) is 0 Å². The zero-order valence-electron chi connectivity index (χ0n) is 14.7. The molecule has 0 radical (unpaired) electrons. The summed E-state index contributed by atoms with van der Waals surface area (Å²) in [5.74, 6) is -0.173. The van der Waals surface area contributed by atoms with E-state index in [1.165, 1.54) is 0 Å². The number of carbonyl (C=O) groups is 1. The average molecular weight is 377 g/mol. The van der Waals surface area contributed by atoms with Gasteiger partial charge in [0, 0.05) is 18.0 Å². The van der Waals surface area contributed by atoms with Gasteiger partial charge in [-0.1, -0.05) is 60.1 Å². The minimum absolute atomic E-state index is 0.173. The Balaban J connectivity index is 1.53. The number of aromatic nitrogens is 3. The van der Waals surface area contributed by atoms with Crippen LogP contribution >= 0.6 is 11.6 Å². The fraction of sp³-hybridized carbons (Fsp3) is 0.0952. The molecule has 0 unspecified atom stereocenters. The van der Waals surface area contributed by atoms with Gasteiger partial charge in [-0.05, 0) is 18.2 Å². The molecule has 0 aliphatic heterocycles. The van der Waals surface area contributed by atoms with Gasteiger partial charge in [-0.2, -0.15) is 5.10 Å². The Morgan fingerprint density at radius 3 is 2.70 bits per heavy atom. The molecule has 0 spiro atoms. The first-order valence-electron chi connectivity index (χ1n) is 8.52. The molecule has 2 aromatic heterocycles. The molecule has 27 heavy (non-hydrogen) atoms. The summed E-state index contributed by atoms with van der Waals surface area (Å²) in [6, 6.07) is 21.0. The molecule has 0 saturated carbocycles. The molecule has 5 nitrogen and oxygen atoms in total. The SMILES string of the molecule is CN(Cc1cc(-c2ccccc2)n[nH]1)C(=O)c1ccc2cccc(Cl)c2n1. The Hall–Kier alpha value is -3.18. The van der Waals surface area contributed by atoms with E-state index in [-0.39, 0.29) is 5.91 Å². The van der Waals surface area contributed by atoms with Crippen LogP contribution in [0.4, 0.5) is 0 Å². The van der Waals surface area contributed by atoms with E-state index in [2.05, 4.69) is 15.2 Å². The van der Waals surface area contributed by atoms with Gasteiger partial charge in [-0.15, -0.1) is 0 Å². The first-order valence-corrected chi connectivity index (χ1v) is 8.90. The molecule has 2 heterocycles. The molecule has 134 valence electrons. The van der Waals surface area contributed by atoms with Crippen LogP contribution in [0.5, 0.6) is 0 Å². The molecule has 0 aliphatic rings. The monoisotopic (exact) mass is 376 g/mol. The molecule has 4 aromatic rings. The summed E-state index contributed by atoms with van der Waals surface area (Å²) in [4.78, 5) is 18.8. The van der Waals surface area contributed by atoms with E-state index in [1.54, 1.807) is 24.1 Å². The number of amides is 1. The van der Waals surface area contributed by atoms with Gasteiger partial charge in [0.05, 0.1) is 28.5 Å². The normalized spacial score (nSPS) is 10.9. The maximum atomic E-state index is 12.8. The van der Waals surface area contributed by atoms with Gasteiger partial charge in [-0.25, -0.2) is 4.98 Å². The van der Waals surface area contributed by atoms with Crippen molar-refractivity contribution in [2.75, 3.05) is 7.05 Å². The summed E-state index contributed by atoms with van der Waals surface area (Å²) < 4.78 is 0. The molecule has 1 N–H and O–H groups in total. The Morgan fingerprint density at radius 1 is 1.07 bits per heavy atom. The lowest BCUT2D eigenvalue weighted by Crippen LogP contribution is -2.27. The smallest absolute Gasteiger partial charge is 0.272 e. The molecule has 6 heteroatoms. The van der Waals surface area contributed by atoms with Gasteiger partial charge in [0.1, 0.15) is 5.69 Å². The molecule has 0 aliphatic carbocycles. The second-order valence-electron chi connectivity index (χ2n) is 6.31. The number of hydrogen-bond acceptors (Lipinski definition) is 3. The Morgan fingerprint density at radius 2 is 1.89 bits per heavy atom. The summed E-state index contributed by atoms with van der Waals surface area (Å²) >= 11 is 6.20. The fourth-order valence-electron chi connectivity index (χ4n) is 2.95. The summed E-state index contributed by atoms with van der Waals surface area (Å²) in [5.41, 5.74) is 3.72. The molecular formula is C21H17ClN4O. The van der Waals surface area contributed by atoms with Crippen molar-refractivity contribution >= 4 is 28.4 Å². The van der Waals surface area contributed by atoms with Crippen LogP contribution in [0.3, 0.4) is 0 Å². The predicted octanol–water partition coefficient (Wildman–Crippen LogP) is 4.55. The topological polar surface area (TPSA) is 61.9 Å². The first-order chi connectivity index (χ1) is 13.1. The number of nitrogens with zero attached hydrogens (tertiary/aromatic N) is 3. The van der Waals surface area contributed by atoms with E-state index in [4.69, 9.17) is 11.6 Å². The maximum absolute atomic E-state index is 12.8. The number of carbonyl (C=O) groups excluding carboxylic acids is 1. The van der Waals surface area contributed by atoms with Gasteiger partial charge in [0.25, 0.3) is 5.91 Å². The number of hydrogen-bond donors (Lipinski definition) is 1. The number of benzene rings is 2. The van der Waals surface area contributed by atoms with Crippen LogP contribution in [-0.4, -0.2) is 33.0 Å². The lowest BCUT2D eigenvalue weighted by molar-refractivity contribution is 0.0778. The molecule has 0 saturated heterocycles. The zero-order chi connectivity index (χ0) is 18.8. The van der Waals surface area contributed by atoms with Crippen LogP contribution in [0.1, 0.15) is 16.2 Å². The fourth-order valence-corrected chi connectivity index (χ4v) is 3.18. The maximum Gasteiger partial charge on any atom is 0.272 e. The van der Waals surface area contributed by atoms with Gasteiger partial charge in [0.2, 0.25) is 0 Å². The molecular weight excluding hydrogens is 360 g/mol. The Labute approximate surface area is 161 Å². The van der Waals surface area contributed by atoms with Crippen LogP contribution in [0.2, 0.25) is 5.02 Å². The van der Waals surface area contributed by atoms with E-state index in [0.29, 0.717) is 22.8 Å². The molecule has 0 bridgehead atoms. The zero-order valence-corrected chi connectivity index (χ0v) is 15.4. The number of rotatable bonds is 4. The Bertz CT molecular complexity index is 1110. The van der Waals surface area contributed by atoms with Crippen molar-refractivity contribution in [3.05, 3.63) is 83.1 Å². The number of H-pyrrole nitrogens is 1. The van der Waals surface area contributed by atoms with Crippen molar-refractivity contribution in [1.29, 1.82) is 0 Å². The predicted molar refractivity (Wildman–Crippen MR) is 107 cm³/mol. The standard InChI is InChI=1S/C21H17ClN4O/c1-26(13-16-12-19(25-24-16)14-6-3-2-4-7-14)21(27)18-11-10-15-8-5-9-17(22)20(15)23-18/h2-12H,13H2,1H3,(H,24,25). The third-order valence-corrected chi connectivity index (χ3v) is 4.65. The lowest BCUT2D eigenvalue weighted by atomic mass is 10.1. The van der Waals surface area contributed by atoms with Crippen LogP contribution in [0.15, 0.2) is 66.7 Å². The summed E-state index contributed by atoms with van der Waals surface area (Å²) in [7, 11) is 1.74. The van der Waals surface area contributed by atoms with Gasteiger partial charge in [0.15, 0.2) is 0 Å². The van der Waals surface area contributed by atoms with Gasteiger partial charge >= 0.3 is 0 Å². The van der Waals surface area contributed by atoms with Crippen LogP contribution in [-0.2, 0) is 6.54 Å². The van der Waals surface area contributed by atoms with Crippen molar-refractivity contribution in [1.82, 2.24) is 20.1 Å². The van der Waals surface area contributed by atoms with Gasteiger partial charge in [-0.3, -0.25) is 9.89 Å². The van der Waals surface area contributed by atoms with E-state index in [1.807, 2.05) is 54.6 Å². The number of halogens is 1. The third kappa shape index (κ3) is 3.55. The summed E-state index contributed by atoms with van der Waals surface area (Å²) in [5, 5.41) is 8.76. The van der Waals surface area contributed by atoms with Crippen molar-refractivity contribution in [2.45, 2.75) is 6.54 Å². The number of nitrogens with one attached hydrogen (secondary N) is 1. The second kappa shape index (κ2) is 7.21. The summed E-state index contributed by atoms with van der Waals surface area (Å²) in [6.45, 7) is 0.404. The highest BCUT2D eigenvalue weighted by Crippen LogP contribution is 2.22. The third-order valence-electron chi connectivity index (χ3n) is 4.34. The lowest BCUT2D eigenvalue weighted by Gasteiger charge is -2.16. The molecule has 0 fully saturated rings. The highest BCUT2D eigenvalue weighted by Gasteiger charge is 2.16. The van der Waals surface area contributed by atoms with Crippen molar-refractivity contribution in [2.24, 2.45) is 0 Å². The first kappa shape index (κ1) is 17.2. The molecule has 0 atom stereocenters. The number of pyridine rings is 1. The molecule has 4 rings (SSSR count). The van der Waals surface area contributed by atoms with E-state index in [9.17, 15) is 4.79 Å². The van der Waals surface area contributed by atoms with Crippen LogP contribution < -0.4 is 0 Å². The number of fused-ring (bicyclic) bond motifs is 1. The molecule has 1 amide bonds.